The summed E-state index contributed by atoms with van der Waals surface area (Å²) >= 11 is 10.8. The van der Waals surface area contributed by atoms with E-state index in [0.717, 1.165) is 25.7 Å². The minimum Gasteiger partial charge on any atom is -0.691 e. The maximum Gasteiger partial charge on any atom is 1.00 e. The van der Waals surface area contributed by atoms with Crippen molar-refractivity contribution >= 4 is 29.7 Å². The van der Waals surface area contributed by atoms with Crippen LogP contribution in [0.25, 0.3) is 0 Å². The van der Waals surface area contributed by atoms with Crippen molar-refractivity contribution < 1.29 is 60.4 Å². The van der Waals surface area contributed by atoms with E-state index in [1.54, 1.807) is 0 Å². The minimum absolute atomic E-state index is 0. The van der Waals surface area contributed by atoms with E-state index in [-0.39, 0.29) is 63.6 Å². The van der Waals surface area contributed by atoms with Crippen molar-refractivity contribution in [3.63, 3.8) is 0 Å². The molecule has 2 nitrogen and oxygen atoms in total. The molecule has 0 amide bonds. The summed E-state index contributed by atoms with van der Waals surface area (Å²) in [7, 11) is 0. The average Bonchev–Trinajstić information content (AvgIpc) is 2.30. The fourth-order valence-electron chi connectivity index (χ4n) is 2.73. The van der Waals surface area contributed by atoms with Gasteiger partial charge in [-0.05, 0) is 25.7 Å². The predicted octanol–water partition coefficient (Wildman–Crippen LogP) is 1.46. The Labute approximate surface area is 164 Å². The molecule has 0 unspecified atom stereocenters. The molecule has 0 spiro atoms. The molecule has 2 fully saturated rings. The van der Waals surface area contributed by atoms with Crippen molar-refractivity contribution in [2.45, 2.75) is 76.4 Å². The zero-order chi connectivity index (χ0) is 12.1. The summed E-state index contributed by atoms with van der Waals surface area (Å²) in [5, 5.41) is 0. The molecule has 0 aromatic carbocycles. The van der Waals surface area contributed by atoms with Crippen LogP contribution in [0.2, 0.25) is 0 Å². The maximum atomic E-state index is 5.90. The number of hydrogen-bond donors (Lipinski definition) is 0. The predicted molar refractivity (Wildman–Crippen MR) is 77.6 cm³/mol. The first kappa shape index (κ1) is 18.6. The van der Waals surface area contributed by atoms with Crippen molar-refractivity contribution in [2.75, 3.05) is 0 Å². The van der Waals surface area contributed by atoms with Crippen LogP contribution >= 0.6 is 5.69 Å². The molecule has 2 aliphatic carbocycles. The normalized spacial score (nSPS) is 23.6. The van der Waals surface area contributed by atoms with Crippen LogP contribution in [-0.2, 0) is 33.1 Å². The Balaban J connectivity index is 0.00000162. The Morgan fingerprint density at radius 3 is 1.44 bits per heavy atom. The van der Waals surface area contributed by atoms with E-state index >= 15 is 0 Å². The molecule has 0 saturated heterocycles. The third-order valence-corrected chi connectivity index (χ3v) is 5.81. The smallest absolute Gasteiger partial charge is 0.691 e. The van der Waals surface area contributed by atoms with Crippen LogP contribution in [0.4, 0.5) is 0 Å². The van der Waals surface area contributed by atoms with Crippen LogP contribution in [-0.4, -0.2) is 12.2 Å². The molecule has 0 aromatic rings. The standard InChI is InChI=1S/C12H23O2PS2.K/c16-15(17,13-11-7-3-1-4-8-11)14-12-9-5-2-6-10-12;/h11-12H,1-10H2,(H,16,17);/q;+1/p-1. The van der Waals surface area contributed by atoms with Crippen molar-refractivity contribution in [1.82, 2.24) is 0 Å². The van der Waals surface area contributed by atoms with Gasteiger partial charge in [0.05, 0.1) is 17.9 Å². The van der Waals surface area contributed by atoms with Gasteiger partial charge in [-0.1, -0.05) is 50.3 Å². The van der Waals surface area contributed by atoms with Gasteiger partial charge in [0, 0.05) is 0 Å². The van der Waals surface area contributed by atoms with Crippen LogP contribution in [0, 0.1) is 0 Å². The van der Waals surface area contributed by atoms with Crippen LogP contribution in [0.5, 0.6) is 0 Å². The fourth-order valence-corrected chi connectivity index (χ4v) is 5.39. The van der Waals surface area contributed by atoms with Crippen molar-refractivity contribution in [2.24, 2.45) is 0 Å². The monoisotopic (exact) mass is 332 g/mol. The van der Waals surface area contributed by atoms with E-state index in [1.807, 2.05) is 0 Å². The van der Waals surface area contributed by atoms with E-state index in [1.165, 1.54) is 38.5 Å². The third-order valence-electron chi connectivity index (χ3n) is 3.66. The molecule has 6 heteroatoms. The molecule has 0 atom stereocenters. The van der Waals surface area contributed by atoms with Gasteiger partial charge in [-0.15, -0.1) is 0 Å². The van der Waals surface area contributed by atoms with Gasteiger partial charge < -0.3 is 21.3 Å². The van der Waals surface area contributed by atoms with E-state index in [9.17, 15) is 0 Å². The Morgan fingerprint density at radius 1 is 0.778 bits per heavy atom. The quantitative estimate of drug-likeness (QED) is 0.441. The SMILES string of the molecule is S=P([S-])(OC1CCCCC1)OC1CCCCC1.[K+]. The van der Waals surface area contributed by atoms with Gasteiger partial charge in [-0.25, -0.2) is 0 Å². The van der Waals surface area contributed by atoms with Crippen LogP contribution < -0.4 is 51.4 Å². The molecule has 100 valence electrons. The van der Waals surface area contributed by atoms with Crippen LogP contribution in [0.3, 0.4) is 0 Å². The Morgan fingerprint density at radius 2 is 1.11 bits per heavy atom. The summed E-state index contributed by atoms with van der Waals surface area (Å²) in [6, 6.07) is 0. The molecule has 0 radical (unpaired) electrons. The zero-order valence-corrected chi connectivity index (χ0v) is 17.0. The molecular formula is C12H22KO2PS2. The van der Waals surface area contributed by atoms with Crippen molar-refractivity contribution in [3.05, 3.63) is 0 Å². The van der Waals surface area contributed by atoms with Crippen molar-refractivity contribution in [3.8, 4) is 0 Å². The van der Waals surface area contributed by atoms with Gasteiger partial charge in [0.1, 0.15) is 0 Å². The molecule has 0 bridgehead atoms. The first-order valence-corrected chi connectivity index (χ1v) is 10.5. The Hall–Kier alpha value is 2.56. The summed E-state index contributed by atoms with van der Waals surface area (Å²) < 4.78 is 11.8. The number of hydrogen-bond acceptors (Lipinski definition) is 4. The largest absolute Gasteiger partial charge is 1.00 e. The van der Waals surface area contributed by atoms with Gasteiger partial charge in [0.15, 0.2) is 0 Å². The third kappa shape index (κ3) is 7.01. The molecule has 18 heavy (non-hydrogen) atoms. The summed E-state index contributed by atoms with van der Waals surface area (Å²) in [4.78, 5) is 0. The summed E-state index contributed by atoms with van der Waals surface area (Å²) in [6.07, 6.45) is 12.6. The molecule has 0 aliphatic heterocycles. The molecule has 0 heterocycles. The maximum absolute atomic E-state index is 5.90. The van der Waals surface area contributed by atoms with Gasteiger partial charge in [-0.3, -0.25) is 0 Å². The zero-order valence-electron chi connectivity index (χ0n) is 11.3. The molecule has 2 rings (SSSR count). The molecule has 0 aromatic heterocycles. The average molecular weight is 333 g/mol. The molecule has 2 saturated carbocycles. The second-order valence-corrected chi connectivity index (χ2v) is 10.1. The summed E-state index contributed by atoms with van der Waals surface area (Å²) in [5.41, 5.74) is -2.41. The molecule has 2 aliphatic rings. The topological polar surface area (TPSA) is 18.5 Å². The van der Waals surface area contributed by atoms with E-state index in [2.05, 4.69) is 0 Å². The Bertz CT molecular complexity index is 255. The van der Waals surface area contributed by atoms with Gasteiger partial charge in [0.25, 0.3) is 0 Å². The first-order valence-electron chi connectivity index (χ1n) is 6.83. The second kappa shape index (κ2) is 9.55. The minimum atomic E-state index is -2.41. The van der Waals surface area contributed by atoms with E-state index in [0.29, 0.717) is 0 Å². The van der Waals surface area contributed by atoms with Crippen LogP contribution in [0.15, 0.2) is 0 Å². The molecular weight excluding hydrogens is 310 g/mol. The summed E-state index contributed by atoms with van der Waals surface area (Å²) in [5.74, 6) is 0. The second-order valence-electron chi connectivity index (χ2n) is 5.18. The first-order chi connectivity index (χ1) is 8.16. The van der Waals surface area contributed by atoms with E-state index in [4.69, 9.17) is 33.1 Å². The molecule has 0 N–H and O–H groups in total. The van der Waals surface area contributed by atoms with Crippen LogP contribution in [0.1, 0.15) is 64.2 Å². The number of rotatable bonds is 4. The summed E-state index contributed by atoms with van der Waals surface area (Å²) in [6.45, 7) is 0. The van der Waals surface area contributed by atoms with Gasteiger partial charge in [0.2, 0.25) is 0 Å². The van der Waals surface area contributed by atoms with E-state index < -0.39 is 5.69 Å². The van der Waals surface area contributed by atoms with Crippen molar-refractivity contribution in [1.29, 1.82) is 0 Å². The fraction of sp³-hybridized carbons (Fsp3) is 1.00. The van der Waals surface area contributed by atoms with Gasteiger partial charge >= 0.3 is 51.4 Å². The Kier molecular flexibility index (Phi) is 9.87. The van der Waals surface area contributed by atoms with Gasteiger partial charge in [-0.2, -0.15) is 0 Å².